The second kappa shape index (κ2) is 10.7. The highest BCUT2D eigenvalue weighted by molar-refractivity contribution is 7.84. The van der Waals surface area contributed by atoms with E-state index in [9.17, 15) is 4.21 Å². The Kier molecular flexibility index (Phi) is 7.79. The summed E-state index contributed by atoms with van der Waals surface area (Å²) in [5, 5.41) is 11.2. The molecule has 0 radical (unpaired) electrons. The molecule has 7 heteroatoms. The van der Waals surface area contributed by atoms with Crippen molar-refractivity contribution in [1.29, 1.82) is 0 Å². The number of aliphatic imine (C=N–C) groups is 1. The molecule has 0 saturated carbocycles. The quantitative estimate of drug-likeness (QED) is 0.431. The van der Waals surface area contributed by atoms with Crippen LogP contribution in [0.4, 0.5) is 0 Å². The molecular formula is C23H29N5OS. The number of hydrogen-bond acceptors (Lipinski definition) is 3. The van der Waals surface area contributed by atoms with Gasteiger partial charge in [-0.3, -0.25) is 9.20 Å². The molecule has 6 nitrogen and oxygen atoms in total. The topological polar surface area (TPSA) is 71.3 Å². The zero-order chi connectivity index (χ0) is 21.3. The van der Waals surface area contributed by atoms with E-state index in [4.69, 9.17) is 0 Å². The first-order chi connectivity index (χ1) is 14.6. The molecular weight excluding hydrogens is 394 g/mol. The molecule has 1 atom stereocenters. The van der Waals surface area contributed by atoms with Crippen LogP contribution in [-0.2, 0) is 23.1 Å². The summed E-state index contributed by atoms with van der Waals surface area (Å²) in [5.74, 6) is 1.83. The molecule has 2 aromatic carbocycles. The Labute approximate surface area is 180 Å². The molecule has 0 aliphatic carbocycles. The zero-order valence-electron chi connectivity index (χ0n) is 17.8. The number of nitrogens with one attached hydrogen (secondary N) is 2. The van der Waals surface area contributed by atoms with Gasteiger partial charge in [-0.1, -0.05) is 48.5 Å². The van der Waals surface area contributed by atoms with Gasteiger partial charge < -0.3 is 10.6 Å². The van der Waals surface area contributed by atoms with E-state index in [1.165, 1.54) is 0 Å². The fraction of sp³-hybridized carbons (Fsp3) is 0.304. The van der Waals surface area contributed by atoms with E-state index in [-0.39, 0.29) is 0 Å². The van der Waals surface area contributed by atoms with Gasteiger partial charge in [0, 0.05) is 48.1 Å². The first-order valence-corrected chi connectivity index (χ1v) is 11.5. The molecule has 1 unspecified atom stereocenters. The second-order valence-electron chi connectivity index (χ2n) is 7.09. The highest BCUT2D eigenvalue weighted by Crippen LogP contribution is 2.16. The van der Waals surface area contributed by atoms with Crippen LogP contribution < -0.4 is 10.6 Å². The number of aryl methyl sites for hydroxylation is 2. The normalized spacial score (nSPS) is 12.6. The van der Waals surface area contributed by atoms with Crippen molar-refractivity contribution >= 4 is 16.8 Å². The van der Waals surface area contributed by atoms with Crippen LogP contribution in [0.25, 0.3) is 5.69 Å². The van der Waals surface area contributed by atoms with Gasteiger partial charge in [0.05, 0.1) is 11.4 Å². The minimum absolute atomic E-state index is 0.567. The molecule has 1 heterocycles. The molecule has 0 amide bonds. The number of hydrogen-bond donors (Lipinski definition) is 2. The van der Waals surface area contributed by atoms with E-state index in [1.807, 2.05) is 54.1 Å². The van der Waals surface area contributed by atoms with Gasteiger partial charge >= 0.3 is 0 Å². The molecule has 0 fully saturated rings. The van der Waals surface area contributed by atoms with Gasteiger partial charge in [-0.15, -0.1) is 0 Å². The number of rotatable bonds is 8. The molecule has 0 spiro atoms. The van der Waals surface area contributed by atoms with Gasteiger partial charge in [0.25, 0.3) is 0 Å². The van der Waals surface area contributed by atoms with Gasteiger partial charge in [-0.25, -0.2) is 4.68 Å². The van der Waals surface area contributed by atoms with Crippen LogP contribution >= 0.6 is 0 Å². The van der Waals surface area contributed by atoms with Crippen molar-refractivity contribution in [2.45, 2.75) is 26.1 Å². The number of aromatic nitrogens is 2. The van der Waals surface area contributed by atoms with E-state index >= 15 is 0 Å². The zero-order valence-corrected chi connectivity index (χ0v) is 18.6. The van der Waals surface area contributed by atoms with E-state index in [0.29, 0.717) is 30.6 Å². The lowest BCUT2D eigenvalue weighted by molar-refractivity contribution is 0.680. The number of benzene rings is 2. The van der Waals surface area contributed by atoms with Crippen LogP contribution in [0.3, 0.4) is 0 Å². The minimum Gasteiger partial charge on any atom is -0.355 e. The molecule has 0 aliphatic rings. The smallest absolute Gasteiger partial charge is 0.191 e. The molecule has 0 bridgehead atoms. The Morgan fingerprint density at radius 1 is 1.07 bits per heavy atom. The van der Waals surface area contributed by atoms with Crippen LogP contribution in [0.2, 0.25) is 0 Å². The molecule has 30 heavy (non-hydrogen) atoms. The SMILES string of the molecule is CN=C(NCCS(=O)Cc1ccccc1)NCc1ccccc1-n1nc(C)cc1C. The van der Waals surface area contributed by atoms with Crippen molar-refractivity contribution in [3.63, 3.8) is 0 Å². The van der Waals surface area contributed by atoms with Gasteiger partial charge in [0.2, 0.25) is 0 Å². The summed E-state index contributed by atoms with van der Waals surface area (Å²) in [6.07, 6.45) is 0. The average Bonchev–Trinajstić information content (AvgIpc) is 3.09. The van der Waals surface area contributed by atoms with Crippen molar-refractivity contribution in [2.75, 3.05) is 19.3 Å². The maximum atomic E-state index is 12.3. The molecule has 2 N–H and O–H groups in total. The van der Waals surface area contributed by atoms with Gasteiger partial charge in [0.1, 0.15) is 0 Å². The Balaban J connectivity index is 1.53. The number of para-hydroxylation sites is 1. The van der Waals surface area contributed by atoms with Crippen LogP contribution in [0, 0.1) is 13.8 Å². The predicted molar refractivity (Wildman–Crippen MR) is 124 cm³/mol. The Morgan fingerprint density at radius 3 is 2.50 bits per heavy atom. The van der Waals surface area contributed by atoms with E-state index in [0.717, 1.165) is 28.2 Å². The first-order valence-electron chi connectivity index (χ1n) is 10.0. The molecule has 1 aromatic heterocycles. The monoisotopic (exact) mass is 423 g/mol. The van der Waals surface area contributed by atoms with Crippen molar-refractivity contribution in [2.24, 2.45) is 4.99 Å². The fourth-order valence-corrected chi connectivity index (χ4v) is 4.29. The third-order valence-electron chi connectivity index (χ3n) is 4.69. The Bertz CT molecular complexity index is 1010. The van der Waals surface area contributed by atoms with Gasteiger partial charge in [0.15, 0.2) is 5.96 Å². The highest BCUT2D eigenvalue weighted by atomic mass is 32.2. The number of guanidine groups is 1. The van der Waals surface area contributed by atoms with Crippen molar-refractivity contribution in [1.82, 2.24) is 20.4 Å². The van der Waals surface area contributed by atoms with E-state index in [2.05, 4.69) is 45.8 Å². The van der Waals surface area contributed by atoms with Crippen LogP contribution in [0.1, 0.15) is 22.5 Å². The summed E-state index contributed by atoms with van der Waals surface area (Å²) >= 11 is 0. The van der Waals surface area contributed by atoms with Gasteiger partial charge in [-0.05, 0) is 37.1 Å². The molecule has 3 rings (SSSR count). The average molecular weight is 424 g/mol. The summed E-state index contributed by atoms with van der Waals surface area (Å²) in [4.78, 5) is 4.28. The summed E-state index contributed by atoms with van der Waals surface area (Å²) in [5.41, 5.74) is 5.37. The van der Waals surface area contributed by atoms with E-state index < -0.39 is 10.8 Å². The summed E-state index contributed by atoms with van der Waals surface area (Å²) in [6.45, 7) is 5.26. The van der Waals surface area contributed by atoms with E-state index in [1.54, 1.807) is 7.05 Å². The summed E-state index contributed by atoms with van der Waals surface area (Å²) in [6, 6.07) is 20.2. The lowest BCUT2D eigenvalue weighted by Crippen LogP contribution is -2.39. The molecule has 0 saturated heterocycles. The molecule has 3 aromatic rings. The lowest BCUT2D eigenvalue weighted by Gasteiger charge is -2.15. The first kappa shape index (κ1) is 21.8. The summed E-state index contributed by atoms with van der Waals surface area (Å²) < 4.78 is 14.3. The predicted octanol–water partition coefficient (Wildman–Crippen LogP) is 3.10. The lowest BCUT2D eigenvalue weighted by atomic mass is 10.1. The third kappa shape index (κ3) is 6.03. The van der Waals surface area contributed by atoms with Crippen molar-refractivity contribution in [3.8, 4) is 5.69 Å². The number of nitrogens with zero attached hydrogens (tertiary/aromatic N) is 3. The van der Waals surface area contributed by atoms with Crippen molar-refractivity contribution in [3.05, 3.63) is 83.2 Å². The highest BCUT2D eigenvalue weighted by Gasteiger charge is 2.09. The summed E-state index contributed by atoms with van der Waals surface area (Å²) in [7, 11) is 0.824. The van der Waals surface area contributed by atoms with Crippen LogP contribution in [-0.4, -0.2) is 39.3 Å². The molecule has 158 valence electrons. The largest absolute Gasteiger partial charge is 0.355 e. The second-order valence-corrected chi connectivity index (χ2v) is 8.67. The Morgan fingerprint density at radius 2 is 1.80 bits per heavy atom. The van der Waals surface area contributed by atoms with Crippen LogP contribution in [0.15, 0.2) is 65.7 Å². The molecule has 0 aliphatic heterocycles. The van der Waals surface area contributed by atoms with Gasteiger partial charge in [-0.2, -0.15) is 5.10 Å². The maximum Gasteiger partial charge on any atom is 0.191 e. The Hall–Kier alpha value is -2.93. The standard InChI is InChI=1S/C23H29N5OS/c1-18-15-19(2)28(27-18)22-12-8-7-11-21(22)16-26-23(24-3)25-13-14-30(29)17-20-9-5-4-6-10-20/h4-12,15H,13-14,16-17H2,1-3H3,(H2,24,25,26). The minimum atomic E-state index is -0.915. The maximum absolute atomic E-state index is 12.3. The third-order valence-corrected chi connectivity index (χ3v) is 6.01. The fourth-order valence-electron chi connectivity index (χ4n) is 3.25. The van der Waals surface area contributed by atoms with Crippen LogP contribution in [0.5, 0.6) is 0 Å². The van der Waals surface area contributed by atoms with Crippen molar-refractivity contribution < 1.29 is 4.21 Å².